The van der Waals surface area contributed by atoms with E-state index in [1.54, 1.807) is 0 Å². The van der Waals surface area contributed by atoms with Gasteiger partial charge in [-0.05, 0) is 54.2 Å². The number of aromatic nitrogens is 2. The Hall–Kier alpha value is -0.870. The number of ether oxygens (including phenoxy) is 1. The summed E-state index contributed by atoms with van der Waals surface area (Å²) < 4.78 is 8.21. The lowest BCUT2D eigenvalue weighted by Crippen LogP contribution is -2.38. The first kappa shape index (κ1) is 14.5. The third-order valence-electron chi connectivity index (χ3n) is 4.21. The van der Waals surface area contributed by atoms with Crippen LogP contribution in [-0.4, -0.2) is 28.0 Å². The zero-order valence-corrected chi connectivity index (χ0v) is 13.2. The molecule has 4 nitrogen and oxygen atoms in total. The zero-order chi connectivity index (χ0) is 14.4. The van der Waals surface area contributed by atoms with Crippen molar-refractivity contribution in [1.82, 2.24) is 15.1 Å². The van der Waals surface area contributed by atoms with Crippen molar-refractivity contribution in [1.29, 1.82) is 0 Å². The standard InChI is InChI=1S/C15H27N3O/c1-10-8-12(18(7)17-10)13(16-6)11-9-14(2,3)19-15(11,4)5/h8,11,13,16H,9H2,1-7H3. The van der Waals surface area contributed by atoms with E-state index in [1.165, 1.54) is 5.69 Å². The van der Waals surface area contributed by atoms with E-state index in [2.05, 4.69) is 44.2 Å². The summed E-state index contributed by atoms with van der Waals surface area (Å²) >= 11 is 0. The Balaban J connectivity index is 2.35. The fourth-order valence-electron chi connectivity index (χ4n) is 3.60. The molecule has 1 aromatic heterocycles. The van der Waals surface area contributed by atoms with Crippen LogP contribution in [-0.2, 0) is 11.8 Å². The van der Waals surface area contributed by atoms with Crippen LogP contribution < -0.4 is 5.32 Å². The SMILES string of the molecule is CNC(c1cc(C)nn1C)C1CC(C)(C)OC1(C)C. The van der Waals surface area contributed by atoms with Crippen LogP contribution in [0.3, 0.4) is 0 Å². The maximum absolute atomic E-state index is 6.23. The summed E-state index contributed by atoms with van der Waals surface area (Å²) in [4.78, 5) is 0. The van der Waals surface area contributed by atoms with Crippen LogP contribution in [0.5, 0.6) is 0 Å². The van der Waals surface area contributed by atoms with E-state index < -0.39 is 0 Å². The van der Waals surface area contributed by atoms with Gasteiger partial charge in [0.2, 0.25) is 0 Å². The van der Waals surface area contributed by atoms with Gasteiger partial charge in [0.1, 0.15) is 0 Å². The van der Waals surface area contributed by atoms with Crippen LogP contribution in [0.15, 0.2) is 6.07 Å². The minimum Gasteiger partial charge on any atom is -0.369 e. The van der Waals surface area contributed by atoms with E-state index in [0.717, 1.165) is 12.1 Å². The first-order valence-electron chi connectivity index (χ1n) is 7.04. The Kier molecular flexibility index (Phi) is 3.52. The highest BCUT2D eigenvalue weighted by atomic mass is 16.5. The van der Waals surface area contributed by atoms with Gasteiger partial charge in [-0.2, -0.15) is 5.10 Å². The lowest BCUT2D eigenvalue weighted by atomic mass is 9.80. The monoisotopic (exact) mass is 265 g/mol. The van der Waals surface area contributed by atoms with Crippen molar-refractivity contribution in [2.75, 3.05) is 7.05 Å². The predicted molar refractivity (Wildman–Crippen MR) is 77.1 cm³/mol. The summed E-state index contributed by atoms with van der Waals surface area (Å²) in [5, 5.41) is 7.94. The highest BCUT2D eigenvalue weighted by Crippen LogP contribution is 2.47. The summed E-state index contributed by atoms with van der Waals surface area (Å²) in [6.07, 6.45) is 1.05. The number of nitrogens with zero attached hydrogens (tertiary/aromatic N) is 2. The lowest BCUT2D eigenvalue weighted by Gasteiger charge is -2.32. The van der Waals surface area contributed by atoms with Crippen molar-refractivity contribution in [2.45, 2.75) is 58.3 Å². The van der Waals surface area contributed by atoms with Crippen molar-refractivity contribution in [2.24, 2.45) is 13.0 Å². The Labute approximate surface area is 116 Å². The van der Waals surface area contributed by atoms with Gasteiger partial charge in [-0.15, -0.1) is 0 Å². The molecule has 2 unspecified atom stereocenters. The lowest BCUT2D eigenvalue weighted by molar-refractivity contribution is -0.0778. The molecule has 0 aliphatic carbocycles. The molecular weight excluding hydrogens is 238 g/mol. The molecule has 1 N–H and O–H groups in total. The van der Waals surface area contributed by atoms with Gasteiger partial charge in [0.25, 0.3) is 0 Å². The van der Waals surface area contributed by atoms with Crippen LogP contribution in [0.25, 0.3) is 0 Å². The first-order valence-corrected chi connectivity index (χ1v) is 7.04. The minimum atomic E-state index is -0.130. The van der Waals surface area contributed by atoms with Gasteiger partial charge >= 0.3 is 0 Å². The second kappa shape index (κ2) is 4.60. The molecule has 0 aromatic carbocycles. The summed E-state index contributed by atoms with van der Waals surface area (Å²) in [7, 11) is 4.04. The molecule has 4 heteroatoms. The summed E-state index contributed by atoms with van der Waals surface area (Å²) in [6.45, 7) is 10.8. The smallest absolute Gasteiger partial charge is 0.0681 e. The van der Waals surface area contributed by atoms with Gasteiger partial charge in [-0.3, -0.25) is 4.68 Å². The van der Waals surface area contributed by atoms with Crippen LogP contribution in [0.4, 0.5) is 0 Å². The summed E-state index contributed by atoms with van der Waals surface area (Å²) in [5.74, 6) is 0.433. The van der Waals surface area contributed by atoms with Crippen molar-refractivity contribution < 1.29 is 4.74 Å². The second-order valence-corrected chi connectivity index (χ2v) is 6.88. The van der Waals surface area contributed by atoms with E-state index in [4.69, 9.17) is 4.74 Å². The van der Waals surface area contributed by atoms with Gasteiger partial charge in [-0.25, -0.2) is 0 Å². The van der Waals surface area contributed by atoms with E-state index in [0.29, 0.717) is 5.92 Å². The van der Waals surface area contributed by atoms with Crippen molar-refractivity contribution in [3.63, 3.8) is 0 Å². The molecule has 1 aliphatic heterocycles. The maximum Gasteiger partial charge on any atom is 0.0681 e. The maximum atomic E-state index is 6.23. The topological polar surface area (TPSA) is 39.1 Å². The molecule has 1 aromatic rings. The van der Waals surface area contributed by atoms with Crippen molar-refractivity contribution in [3.8, 4) is 0 Å². The Morgan fingerprint density at radius 1 is 1.42 bits per heavy atom. The first-order chi connectivity index (χ1) is 8.66. The van der Waals surface area contributed by atoms with Gasteiger partial charge in [0.05, 0.1) is 28.6 Å². The normalized spacial score (nSPS) is 26.6. The quantitative estimate of drug-likeness (QED) is 0.913. The van der Waals surface area contributed by atoms with Crippen molar-refractivity contribution in [3.05, 3.63) is 17.5 Å². The number of aryl methyl sites for hydroxylation is 2. The fraction of sp³-hybridized carbons (Fsp3) is 0.800. The molecule has 0 amide bonds. The van der Waals surface area contributed by atoms with E-state index in [-0.39, 0.29) is 17.2 Å². The molecule has 1 fully saturated rings. The van der Waals surface area contributed by atoms with E-state index in [1.807, 2.05) is 25.7 Å². The van der Waals surface area contributed by atoms with E-state index >= 15 is 0 Å². The van der Waals surface area contributed by atoms with Crippen molar-refractivity contribution >= 4 is 0 Å². The zero-order valence-electron chi connectivity index (χ0n) is 13.2. The highest BCUT2D eigenvalue weighted by Gasteiger charge is 2.49. The Morgan fingerprint density at radius 2 is 2.05 bits per heavy atom. The summed E-state index contributed by atoms with van der Waals surface area (Å²) in [5.41, 5.74) is 2.11. The van der Waals surface area contributed by atoms with E-state index in [9.17, 15) is 0 Å². The van der Waals surface area contributed by atoms with Gasteiger partial charge < -0.3 is 10.1 Å². The Bertz CT molecular complexity index is 462. The number of hydrogen-bond acceptors (Lipinski definition) is 3. The van der Waals surface area contributed by atoms with Crippen LogP contribution in [0.1, 0.15) is 51.5 Å². The highest BCUT2D eigenvalue weighted by molar-refractivity contribution is 5.17. The van der Waals surface area contributed by atoms with Gasteiger partial charge in [0.15, 0.2) is 0 Å². The predicted octanol–water partition coefficient (Wildman–Crippen LogP) is 2.58. The molecule has 2 heterocycles. The summed E-state index contributed by atoms with van der Waals surface area (Å²) in [6, 6.07) is 2.44. The van der Waals surface area contributed by atoms with Crippen LogP contribution in [0, 0.1) is 12.8 Å². The molecule has 2 rings (SSSR count). The van der Waals surface area contributed by atoms with Crippen LogP contribution in [0.2, 0.25) is 0 Å². The average molecular weight is 265 g/mol. The van der Waals surface area contributed by atoms with Gasteiger partial charge in [-0.1, -0.05) is 0 Å². The molecule has 2 atom stereocenters. The van der Waals surface area contributed by atoms with Gasteiger partial charge in [0, 0.05) is 13.0 Å². The number of hydrogen-bond donors (Lipinski definition) is 1. The second-order valence-electron chi connectivity index (χ2n) is 6.88. The molecule has 1 aliphatic rings. The number of rotatable bonds is 3. The third-order valence-corrected chi connectivity index (χ3v) is 4.21. The van der Waals surface area contributed by atoms with Crippen LogP contribution >= 0.6 is 0 Å². The molecular formula is C15H27N3O. The molecule has 0 radical (unpaired) electrons. The molecule has 0 bridgehead atoms. The third kappa shape index (κ3) is 2.70. The molecule has 19 heavy (non-hydrogen) atoms. The average Bonchev–Trinajstić information content (AvgIpc) is 2.66. The molecule has 108 valence electrons. The Morgan fingerprint density at radius 3 is 2.42 bits per heavy atom. The molecule has 0 saturated carbocycles. The fourth-order valence-corrected chi connectivity index (χ4v) is 3.60. The minimum absolute atomic E-state index is 0.0586. The molecule has 0 spiro atoms. The largest absolute Gasteiger partial charge is 0.369 e. The number of nitrogens with one attached hydrogen (secondary N) is 1. The molecule has 1 saturated heterocycles.